The zero-order valence-corrected chi connectivity index (χ0v) is 16.9. The van der Waals surface area contributed by atoms with Gasteiger partial charge >= 0.3 is 0 Å². The Bertz CT molecular complexity index is 735. The molecule has 0 atom stereocenters. The molecule has 2 rings (SSSR count). The first-order valence-electron chi connectivity index (χ1n) is 9.03. The molecule has 0 spiro atoms. The molecule has 1 aromatic carbocycles. The van der Waals surface area contributed by atoms with Gasteiger partial charge in [0.25, 0.3) is 0 Å². The van der Waals surface area contributed by atoms with Crippen molar-refractivity contribution < 1.29 is 27.4 Å². The third-order valence-electron chi connectivity index (χ3n) is 3.90. The summed E-state index contributed by atoms with van der Waals surface area (Å²) in [7, 11) is -3.48. The van der Waals surface area contributed by atoms with Crippen molar-refractivity contribution >= 4 is 21.6 Å². The first-order valence-corrected chi connectivity index (χ1v) is 10.9. The van der Waals surface area contributed by atoms with Gasteiger partial charge in [-0.05, 0) is 38.8 Å². The lowest BCUT2D eigenvalue weighted by Crippen LogP contribution is -2.32. The van der Waals surface area contributed by atoms with Gasteiger partial charge in [-0.1, -0.05) is 0 Å². The Morgan fingerprint density at radius 2 is 2.00 bits per heavy atom. The molecule has 8 nitrogen and oxygen atoms in total. The Balaban J connectivity index is 1.81. The summed E-state index contributed by atoms with van der Waals surface area (Å²) < 4.78 is 41.5. The number of carbonyl (C=O) groups is 1. The summed E-state index contributed by atoms with van der Waals surface area (Å²) in [5, 5.41) is 2.82. The number of sulfonamides is 1. The van der Waals surface area contributed by atoms with Gasteiger partial charge in [-0.2, -0.15) is 0 Å². The van der Waals surface area contributed by atoms with Gasteiger partial charge in [0.15, 0.2) is 11.5 Å². The maximum absolute atomic E-state index is 12.1. The van der Waals surface area contributed by atoms with Crippen LogP contribution >= 0.6 is 0 Å². The van der Waals surface area contributed by atoms with E-state index in [9.17, 15) is 13.2 Å². The van der Waals surface area contributed by atoms with Crippen molar-refractivity contribution in [1.29, 1.82) is 0 Å². The van der Waals surface area contributed by atoms with Crippen LogP contribution in [0.5, 0.6) is 11.5 Å². The Labute approximate surface area is 160 Å². The van der Waals surface area contributed by atoms with E-state index >= 15 is 0 Å². The molecule has 9 heteroatoms. The summed E-state index contributed by atoms with van der Waals surface area (Å²) in [5.74, 6) is 1.01. The molecule has 1 aliphatic rings. The number of ether oxygens (including phenoxy) is 3. The molecule has 0 aromatic heterocycles. The number of benzene rings is 1. The Hall–Kier alpha value is -2.00. The van der Waals surface area contributed by atoms with Crippen molar-refractivity contribution in [3.8, 4) is 11.5 Å². The number of carbonyl (C=O) groups excluding carboxylic acids is 1. The fourth-order valence-corrected chi connectivity index (χ4v) is 3.57. The molecule has 152 valence electrons. The van der Waals surface area contributed by atoms with Crippen LogP contribution in [0.25, 0.3) is 0 Å². The SMILES string of the molecule is CC(C)OCCCNC(=O)CCCN(c1ccc2c(c1)OCO2)S(C)(=O)=O. The number of rotatable bonds is 11. The molecule has 0 unspecified atom stereocenters. The second kappa shape index (κ2) is 9.80. The van der Waals surface area contributed by atoms with Gasteiger partial charge in [-0.25, -0.2) is 8.42 Å². The van der Waals surface area contributed by atoms with Gasteiger partial charge in [0.2, 0.25) is 22.7 Å². The first kappa shape index (κ1) is 21.3. The fourth-order valence-electron chi connectivity index (χ4n) is 2.62. The van der Waals surface area contributed by atoms with Crippen LogP contribution in [0, 0.1) is 0 Å². The minimum atomic E-state index is -3.48. The van der Waals surface area contributed by atoms with Crippen LogP contribution in [0.15, 0.2) is 18.2 Å². The molecule has 0 saturated heterocycles. The van der Waals surface area contributed by atoms with E-state index in [0.29, 0.717) is 36.8 Å². The van der Waals surface area contributed by atoms with E-state index in [1.807, 2.05) is 13.8 Å². The van der Waals surface area contributed by atoms with Crippen LogP contribution in [-0.2, 0) is 19.6 Å². The summed E-state index contributed by atoms with van der Waals surface area (Å²) in [6.07, 6.45) is 2.74. The highest BCUT2D eigenvalue weighted by Gasteiger charge is 2.21. The quantitative estimate of drug-likeness (QED) is 0.570. The minimum Gasteiger partial charge on any atom is -0.454 e. The van der Waals surface area contributed by atoms with E-state index in [0.717, 1.165) is 12.7 Å². The highest BCUT2D eigenvalue weighted by Crippen LogP contribution is 2.36. The van der Waals surface area contributed by atoms with Crippen LogP contribution in [0.3, 0.4) is 0 Å². The van der Waals surface area contributed by atoms with Crippen molar-refractivity contribution in [3.05, 3.63) is 18.2 Å². The monoisotopic (exact) mass is 400 g/mol. The molecule has 1 aliphatic heterocycles. The van der Waals surface area contributed by atoms with Crippen LogP contribution < -0.4 is 19.1 Å². The molecule has 0 radical (unpaired) electrons. The van der Waals surface area contributed by atoms with Crippen molar-refractivity contribution in [2.75, 3.05) is 37.1 Å². The fraction of sp³-hybridized carbons (Fsp3) is 0.611. The van der Waals surface area contributed by atoms with E-state index in [1.165, 1.54) is 4.31 Å². The smallest absolute Gasteiger partial charge is 0.232 e. The van der Waals surface area contributed by atoms with Gasteiger partial charge < -0.3 is 19.5 Å². The summed E-state index contributed by atoms with van der Waals surface area (Å²) in [4.78, 5) is 11.9. The third kappa shape index (κ3) is 6.91. The third-order valence-corrected chi connectivity index (χ3v) is 5.10. The maximum atomic E-state index is 12.1. The lowest BCUT2D eigenvalue weighted by atomic mass is 10.2. The predicted molar refractivity (Wildman–Crippen MR) is 103 cm³/mol. The predicted octanol–water partition coefficient (Wildman–Crippen LogP) is 1.89. The molecule has 1 N–H and O–H groups in total. The van der Waals surface area contributed by atoms with Gasteiger partial charge in [0.1, 0.15) is 0 Å². The molecule has 0 bridgehead atoms. The number of amides is 1. The lowest BCUT2D eigenvalue weighted by molar-refractivity contribution is -0.121. The normalized spacial score (nSPS) is 13.0. The van der Waals surface area contributed by atoms with E-state index in [1.54, 1.807) is 18.2 Å². The topological polar surface area (TPSA) is 94.2 Å². The van der Waals surface area contributed by atoms with Crippen molar-refractivity contribution in [2.24, 2.45) is 0 Å². The zero-order chi connectivity index (χ0) is 19.9. The van der Waals surface area contributed by atoms with Crippen molar-refractivity contribution in [3.63, 3.8) is 0 Å². The molecular formula is C18H28N2O6S. The number of anilines is 1. The van der Waals surface area contributed by atoms with Gasteiger partial charge in [0, 0.05) is 32.2 Å². The summed E-state index contributed by atoms with van der Waals surface area (Å²) >= 11 is 0. The molecule has 1 heterocycles. The molecule has 0 saturated carbocycles. The number of hydrogen-bond acceptors (Lipinski definition) is 6. The first-order chi connectivity index (χ1) is 12.8. The van der Waals surface area contributed by atoms with Gasteiger partial charge in [0.05, 0.1) is 18.0 Å². The van der Waals surface area contributed by atoms with E-state index < -0.39 is 10.0 Å². The van der Waals surface area contributed by atoms with Crippen LogP contribution in [-0.4, -0.2) is 53.2 Å². The standard InChI is InChI=1S/C18H28N2O6S/c1-14(2)24-11-5-9-19-18(21)6-4-10-20(27(3,22)23)15-7-8-16-17(12-15)26-13-25-16/h7-8,12,14H,4-6,9-11,13H2,1-3H3,(H,19,21). The number of nitrogens with one attached hydrogen (secondary N) is 1. The average molecular weight is 400 g/mol. The second-order valence-corrected chi connectivity index (χ2v) is 8.51. The number of hydrogen-bond donors (Lipinski definition) is 1. The molecule has 1 aromatic rings. The largest absolute Gasteiger partial charge is 0.454 e. The number of nitrogens with zero attached hydrogens (tertiary/aromatic N) is 1. The van der Waals surface area contributed by atoms with Crippen LogP contribution in [0.2, 0.25) is 0 Å². The summed E-state index contributed by atoms with van der Waals surface area (Å²) in [5.41, 5.74) is 0.494. The van der Waals surface area contributed by atoms with Crippen LogP contribution in [0.4, 0.5) is 5.69 Å². The maximum Gasteiger partial charge on any atom is 0.232 e. The summed E-state index contributed by atoms with van der Waals surface area (Å²) in [6.45, 7) is 5.41. The van der Waals surface area contributed by atoms with E-state index in [-0.39, 0.29) is 31.8 Å². The van der Waals surface area contributed by atoms with Gasteiger partial charge in [-0.3, -0.25) is 9.10 Å². The second-order valence-electron chi connectivity index (χ2n) is 6.60. The summed E-state index contributed by atoms with van der Waals surface area (Å²) in [6, 6.07) is 4.99. The zero-order valence-electron chi connectivity index (χ0n) is 16.1. The minimum absolute atomic E-state index is 0.0984. The average Bonchev–Trinajstić information content (AvgIpc) is 3.04. The molecule has 1 amide bonds. The Morgan fingerprint density at radius 1 is 1.26 bits per heavy atom. The Kier molecular flexibility index (Phi) is 7.73. The molecule has 0 fully saturated rings. The van der Waals surface area contributed by atoms with Crippen LogP contribution in [0.1, 0.15) is 33.1 Å². The molecule has 0 aliphatic carbocycles. The lowest BCUT2D eigenvalue weighted by Gasteiger charge is -2.22. The Morgan fingerprint density at radius 3 is 2.70 bits per heavy atom. The van der Waals surface area contributed by atoms with E-state index in [4.69, 9.17) is 14.2 Å². The van der Waals surface area contributed by atoms with Crippen molar-refractivity contribution in [1.82, 2.24) is 5.32 Å². The van der Waals surface area contributed by atoms with Gasteiger partial charge in [-0.15, -0.1) is 0 Å². The number of fused-ring (bicyclic) bond motifs is 1. The van der Waals surface area contributed by atoms with Crippen molar-refractivity contribution in [2.45, 2.75) is 39.2 Å². The van der Waals surface area contributed by atoms with E-state index in [2.05, 4.69) is 5.32 Å². The molecular weight excluding hydrogens is 372 g/mol. The molecule has 27 heavy (non-hydrogen) atoms. The highest BCUT2D eigenvalue weighted by molar-refractivity contribution is 7.92. The highest BCUT2D eigenvalue weighted by atomic mass is 32.2.